The van der Waals surface area contributed by atoms with Gasteiger partial charge in [0, 0.05) is 5.39 Å². The summed E-state index contributed by atoms with van der Waals surface area (Å²) >= 11 is 1.27. The molecule has 4 rings (SSSR count). The van der Waals surface area contributed by atoms with E-state index < -0.39 is 5.97 Å². The maximum absolute atomic E-state index is 12.6. The van der Waals surface area contributed by atoms with E-state index in [0.29, 0.717) is 9.95 Å². The number of esters is 1. The van der Waals surface area contributed by atoms with Crippen molar-refractivity contribution < 1.29 is 14.6 Å². The van der Waals surface area contributed by atoms with Crippen LogP contribution in [0.2, 0.25) is 0 Å². The summed E-state index contributed by atoms with van der Waals surface area (Å²) in [6.07, 6.45) is 1.84. The lowest BCUT2D eigenvalue weighted by Crippen LogP contribution is -2.12. The zero-order valence-electron chi connectivity index (χ0n) is 15.8. The van der Waals surface area contributed by atoms with Gasteiger partial charge in [-0.05, 0) is 30.0 Å². The molecule has 0 spiro atoms. The summed E-state index contributed by atoms with van der Waals surface area (Å²) < 4.78 is 5.17. The topological polar surface area (TPSA) is 58.9 Å². The molecule has 1 heterocycles. The molecule has 0 radical (unpaired) electrons. The minimum atomic E-state index is -0.576. The fourth-order valence-electron chi connectivity index (χ4n) is 3.11. The van der Waals surface area contributed by atoms with Crippen molar-refractivity contribution in [1.29, 1.82) is 0 Å². The number of thioether (sulfide) groups is 1. The summed E-state index contributed by atoms with van der Waals surface area (Å²) in [5.41, 5.74) is 1.77. The molecule has 0 aliphatic carbocycles. The van der Waals surface area contributed by atoms with Crippen LogP contribution in [0.15, 0.2) is 94.0 Å². The molecule has 3 aromatic carbocycles. The molecular formula is C24H19NO3S. The van der Waals surface area contributed by atoms with Crippen molar-refractivity contribution in [2.45, 2.75) is 6.92 Å². The van der Waals surface area contributed by atoms with Gasteiger partial charge in [-0.25, -0.2) is 9.79 Å². The number of aliphatic hydroxyl groups is 1. The summed E-state index contributed by atoms with van der Waals surface area (Å²) in [7, 11) is 0. The van der Waals surface area contributed by atoms with Crippen molar-refractivity contribution in [1.82, 2.24) is 0 Å². The standard InChI is InChI=1S/C24H19NO3S/c1-2-28-24(27)21-22(26)20(15-16-9-4-3-5-10-16)29-23(21)25-19-14-8-12-17-11-6-7-13-18(17)19/h3-15,26H,2H2,1H3/b20-15-,25-23?. The molecule has 0 bridgehead atoms. The summed E-state index contributed by atoms with van der Waals surface area (Å²) in [6, 6.07) is 23.4. The Balaban J connectivity index is 1.82. The highest BCUT2D eigenvalue weighted by Crippen LogP contribution is 2.41. The number of carbonyl (C=O) groups excluding carboxylic acids is 1. The Kier molecular flexibility index (Phi) is 5.49. The van der Waals surface area contributed by atoms with E-state index in [1.54, 1.807) is 6.92 Å². The molecule has 0 aromatic heterocycles. The predicted octanol–water partition coefficient (Wildman–Crippen LogP) is 6.03. The quantitative estimate of drug-likeness (QED) is 0.542. The van der Waals surface area contributed by atoms with E-state index in [1.165, 1.54) is 11.8 Å². The largest absolute Gasteiger partial charge is 0.506 e. The van der Waals surface area contributed by atoms with Gasteiger partial charge in [-0.3, -0.25) is 0 Å². The number of hydrogen-bond acceptors (Lipinski definition) is 5. The third-order valence-corrected chi connectivity index (χ3v) is 5.48. The van der Waals surface area contributed by atoms with E-state index in [9.17, 15) is 9.90 Å². The normalized spacial score (nSPS) is 16.7. The first kappa shape index (κ1) is 19.0. The Hall–Kier alpha value is -3.31. The number of fused-ring (bicyclic) bond motifs is 1. The fourth-order valence-corrected chi connectivity index (χ4v) is 4.14. The first-order chi connectivity index (χ1) is 14.2. The highest BCUT2D eigenvalue weighted by Gasteiger charge is 2.33. The zero-order valence-corrected chi connectivity index (χ0v) is 16.6. The summed E-state index contributed by atoms with van der Waals surface area (Å²) in [5, 5.41) is 13.2. The van der Waals surface area contributed by atoms with Gasteiger partial charge in [-0.2, -0.15) is 0 Å². The monoisotopic (exact) mass is 401 g/mol. The van der Waals surface area contributed by atoms with Gasteiger partial charge in [0.1, 0.15) is 16.4 Å². The Morgan fingerprint density at radius 1 is 1.03 bits per heavy atom. The molecule has 1 N–H and O–H groups in total. The number of benzene rings is 3. The van der Waals surface area contributed by atoms with E-state index in [4.69, 9.17) is 9.73 Å². The molecule has 1 aliphatic rings. The van der Waals surface area contributed by atoms with Gasteiger partial charge in [0.05, 0.1) is 17.2 Å². The van der Waals surface area contributed by atoms with Crippen LogP contribution in [0.5, 0.6) is 0 Å². The van der Waals surface area contributed by atoms with Gasteiger partial charge in [0.25, 0.3) is 0 Å². The van der Waals surface area contributed by atoms with Crippen LogP contribution < -0.4 is 0 Å². The first-order valence-electron chi connectivity index (χ1n) is 9.29. The van der Waals surface area contributed by atoms with Gasteiger partial charge >= 0.3 is 5.97 Å². The Morgan fingerprint density at radius 2 is 1.76 bits per heavy atom. The van der Waals surface area contributed by atoms with E-state index in [0.717, 1.165) is 22.0 Å². The third-order valence-electron chi connectivity index (χ3n) is 4.46. The lowest BCUT2D eigenvalue weighted by atomic mass is 10.1. The van der Waals surface area contributed by atoms with Crippen molar-refractivity contribution in [2.24, 2.45) is 4.99 Å². The van der Waals surface area contributed by atoms with Crippen molar-refractivity contribution in [3.63, 3.8) is 0 Å². The molecular weight excluding hydrogens is 382 g/mol. The second-order valence-corrected chi connectivity index (χ2v) is 7.41. The molecule has 3 aromatic rings. The minimum Gasteiger partial charge on any atom is -0.506 e. The zero-order chi connectivity index (χ0) is 20.2. The van der Waals surface area contributed by atoms with Crippen molar-refractivity contribution in [3.05, 3.63) is 94.6 Å². The molecule has 144 valence electrons. The SMILES string of the molecule is CCOC(=O)C1=C(O)/C(=C/c2ccccc2)SC1=Nc1cccc2ccccc12. The van der Waals surface area contributed by atoms with Crippen LogP contribution in [0.3, 0.4) is 0 Å². The number of aliphatic hydroxyl groups excluding tert-OH is 1. The molecule has 0 saturated carbocycles. The maximum atomic E-state index is 12.6. The average Bonchev–Trinajstić information content (AvgIpc) is 3.04. The van der Waals surface area contributed by atoms with E-state index in [1.807, 2.05) is 78.9 Å². The van der Waals surface area contributed by atoms with Gasteiger partial charge in [-0.1, -0.05) is 78.5 Å². The predicted molar refractivity (Wildman–Crippen MR) is 119 cm³/mol. The summed E-state index contributed by atoms with van der Waals surface area (Å²) in [5.74, 6) is -0.677. The number of ether oxygens (including phenoxy) is 1. The van der Waals surface area contributed by atoms with Crippen LogP contribution in [-0.2, 0) is 9.53 Å². The van der Waals surface area contributed by atoms with Gasteiger partial charge < -0.3 is 9.84 Å². The fraction of sp³-hybridized carbons (Fsp3) is 0.0833. The lowest BCUT2D eigenvalue weighted by Gasteiger charge is -2.05. The number of nitrogens with zero attached hydrogens (tertiary/aromatic N) is 1. The van der Waals surface area contributed by atoms with E-state index in [2.05, 4.69) is 0 Å². The molecule has 1 aliphatic heterocycles. The smallest absolute Gasteiger partial charge is 0.344 e. The average molecular weight is 401 g/mol. The molecule has 4 nitrogen and oxygen atoms in total. The third kappa shape index (κ3) is 3.96. The van der Waals surface area contributed by atoms with Crippen LogP contribution in [0.4, 0.5) is 5.69 Å². The Morgan fingerprint density at radius 3 is 2.55 bits per heavy atom. The van der Waals surface area contributed by atoms with Crippen molar-refractivity contribution in [2.75, 3.05) is 6.61 Å². The van der Waals surface area contributed by atoms with Crippen molar-refractivity contribution >= 4 is 45.3 Å². The second-order valence-electron chi connectivity index (χ2n) is 6.38. The summed E-state index contributed by atoms with van der Waals surface area (Å²) in [6.45, 7) is 1.96. The molecule has 0 amide bonds. The molecule has 0 saturated heterocycles. The van der Waals surface area contributed by atoms with Crippen LogP contribution in [-0.4, -0.2) is 22.7 Å². The van der Waals surface area contributed by atoms with Gasteiger partial charge in [0.2, 0.25) is 0 Å². The van der Waals surface area contributed by atoms with Crippen LogP contribution in [0.25, 0.3) is 16.8 Å². The number of aliphatic imine (C=N–C) groups is 1. The second kappa shape index (κ2) is 8.37. The Labute approximate surface area is 173 Å². The number of hydrogen-bond donors (Lipinski definition) is 1. The first-order valence-corrected chi connectivity index (χ1v) is 10.1. The van der Waals surface area contributed by atoms with Gasteiger partial charge in [-0.15, -0.1) is 0 Å². The van der Waals surface area contributed by atoms with Crippen LogP contribution in [0, 0.1) is 0 Å². The highest BCUT2D eigenvalue weighted by atomic mass is 32.2. The molecule has 5 heteroatoms. The number of rotatable bonds is 4. The number of carbonyl (C=O) groups is 1. The molecule has 0 unspecified atom stereocenters. The molecule has 29 heavy (non-hydrogen) atoms. The van der Waals surface area contributed by atoms with Crippen molar-refractivity contribution in [3.8, 4) is 0 Å². The molecule has 0 fully saturated rings. The van der Waals surface area contributed by atoms with E-state index >= 15 is 0 Å². The van der Waals surface area contributed by atoms with Crippen LogP contribution >= 0.6 is 11.8 Å². The summed E-state index contributed by atoms with van der Waals surface area (Å²) in [4.78, 5) is 17.9. The Bertz CT molecular complexity index is 1160. The lowest BCUT2D eigenvalue weighted by molar-refractivity contribution is -0.138. The van der Waals surface area contributed by atoms with Gasteiger partial charge in [0.15, 0.2) is 0 Å². The highest BCUT2D eigenvalue weighted by molar-refractivity contribution is 8.18. The molecule has 0 atom stereocenters. The maximum Gasteiger partial charge on any atom is 0.344 e. The minimum absolute atomic E-state index is 0.101. The van der Waals surface area contributed by atoms with Crippen LogP contribution in [0.1, 0.15) is 12.5 Å². The van der Waals surface area contributed by atoms with E-state index in [-0.39, 0.29) is 17.9 Å².